The van der Waals surface area contributed by atoms with E-state index >= 15 is 0 Å². The number of methoxy groups -OCH3 is 2. The van der Waals surface area contributed by atoms with Crippen molar-refractivity contribution in [1.82, 2.24) is 0 Å². The fourth-order valence-corrected chi connectivity index (χ4v) is 0.973. The van der Waals surface area contributed by atoms with E-state index < -0.39 is 5.97 Å². The molecule has 4 heteroatoms. The SMILES string of the molecule is COC(=O)c1ccc(OC)c(=O)cc1. The Morgan fingerprint density at radius 3 is 2.36 bits per heavy atom. The number of rotatable bonds is 2. The third-order valence-corrected chi connectivity index (χ3v) is 1.71. The van der Waals surface area contributed by atoms with Gasteiger partial charge in [-0.25, -0.2) is 4.79 Å². The van der Waals surface area contributed by atoms with Crippen LogP contribution in [-0.2, 0) is 4.74 Å². The van der Waals surface area contributed by atoms with Gasteiger partial charge >= 0.3 is 5.97 Å². The van der Waals surface area contributed by atoms with Gasteiger partial charge in [0.25, 0.3) is 0 Å². The Bertz CT molecular complexity index is 398. The van der Waals surface area contributed by atoms with Gasteiger partial charge in [0.1, 0.15) is 0 Å². The van der Waals surface area contributed by atoms with Crippen LogP contribution < -0.4 is 10.2 Å². The predicted octanol–water partition coefficient (Wildman–Crippen LogP) is 0.842. The molecule has 0 aliphatic rings. The fourth-order valence-electron chi connectivity index (χ4n) is 0.973. The number of esters is 1. The second kappa shape index (κ2) is 4.41. The van der Waals surface area contributed by atoms with E-state index in [-0.39, 0.29) is 11.2 Å². The van der Waals surface area contributed by atoms with Gasteiger partial charge in [0.15, 0.2) is 5.75 Å². The number of carbonyl (C=O) groups excluding carboxylic acids is 1. The van der Waals surface area contributed by atoms with Crippen LogP contribution in [0, 0.1) is 0 Å². The predicted molar refractivity (Wildman–Crippen MR) is 50.6 cm³/mol. The topological polar surface area (TPSA) is 52.6 Å². The molecule has 0 spiro atoms. The largest absolute Gasteiger partial charge is 0.493 e. The van der Waals surface area contributed by atoms with Gasteiger partial charge in [0.2, 0.25) is 5.43 Å². The highest BCUT2D eigenvalue weighted by atomic mass is 16.5. The van der Waals surface area contributed by atoms with E-state index in [1.807, 2.05) is 0 Å². The molecule has 0 heterocycles. The summed E-state index contributed by atoms with van der Waals surface area (Å²) < 4.78 is 9.32. The lowest BCUT2D eigenvalue weighted by Gasteiger charge is -1.93. The van der Waals surface area contributed by atoms with Crippen molar-refractivity contribution in [3.63, 3.8) is 0 Å². The average Bonchev–Trinajstić information content (AvgIpc) is 2.39. The molecule has 4 nitrogen and oxygen atoms in total. The molecule has 0 N–H and O–H groups in total. The zero-order valence-corrected chi connectivity index (χ0v) is 7.94. The highest BCUT2D eigenvalue weighted by molar-refractivity contribution is 5.89. The maximum absolute atomic E-state index is 11.2. The molecule has 0 aliphatic carbocycles. The number of hydrogen-bond donors (Lipinski definition) is 0. The van der Waals surface area contributed by atoms with Crippen molar-refractivity contribution in [3.05, 3.63) is 40.1 Å². The first-order chi connectivity index (χ1) is 6.69. The number of ether oxygens (including phenoxy) is 2. The summed E-state index contributed by atoms with van der Waals surface area (Å²) in [5.74, 6) is -0.289. The molecule has 0 atom stereocenters. The lowest BCUT2D eigenvalue weighted by Crippen LogP contribution is -2.00. The van der Waals surface area contributed by atoms with Crippen LogP contribution in [0.15, 0.2) is 29.1 Å². The van der Waals surface area contributed by atoms with E-state index in [0.29, 0.717) is 5.56 Å². The van der Waals surface area contributed by atoms with Gasteiger partial charge in [-0.3, -0.25) is 4.79 Å². The van der Waals surface area contributed by atoms with Crippen molar-refractivity contribution < 1.29 is 14.3 Å². The van der Waals surface area contributed by atoms with Crippen molar-refractivity contribution in [1.29, 1.82) is 0 Å². The summed E-state index contributed by atoms with van der Waals surface area (Å²) in [6.07, 6.45) is 0. The van der Waals surface area contributed by atoms with Crippen LogP contribution >= 0.6 is 0 Å². The zero-order chi connectivity index (χ0) is 10.6. The summed E-state index contributed by atoms with van der Waals surface area (Å²) in [6.45, 7) is 0. The monoisotopic (exact) mass is 194 g/mol. The Morgan fingerprint density at radius 2 is 1.79 bits per heavy atom. The van der Waals surface area contributed by atoms with Crippen molar-refractivity contribution in [3.8, 4) is 5.75 Å². The molecule has 0 aliphatic heterocycles. The molecule has 0 bridgehead atoms. The standard InChI is InChI=1S/C10H10O4/c1-13-9-6-4-7(10(12)14-2)3-5-8(9)11/h3-6H,1-2H3. The second-order valence-corrected chi connectivity index (χ2v) is 2.55. The van der Waals surface area contributed by atoms with E-state index in [0.717, 1.165) is 0 Å². The van der Waals surface area contributed by atoms with Gasteiger partial charge < -0.3 is 9.47 Å². The highest BCUT2D eigenvalue weighted by Crippen LogP contribution is 2.04. The summed E-state index contributed by atoms with van der Waals surface area (Å²) >= 11 is 0. The molecule has 0 saturated carbocycles. The van der Waals surface area contributed by atoms with Crippen molar-refractivity contribution >= 4 is 5.97 Å². The van der Waals surface area contributed by atoms with Crippen LogP contribution in [0.25, 0.3) is 0 Å². The van der Waals surface area contributed by atoms with Crippen LogP contribution in [-0.4, -0.2) is 20.2 Å². The number of hydrogen-bond acceptors (Lipinski definition) is 4. The normalized spacial score (nSPS) is 9.29. The Morgan fingerprint density at radius 1 is 1.14 bits per heavy atom. The summed E-state index contributed by atoms with van der Waals surface area (Å²) in [5, 5.41) is 0. The van der Waals surface area contributed by atoms with Gasteiger partial charge in [-0.05, 0) is 24.3 Å². The van der Waals surface area contributed by atoms with Crippen LogP contribution in [0.3, 0.4) is 0 Å². The molecular weight excluding hydrogens is 184 g/mol. The summed E-state index contributed by atoms with van der Waals surface area (Å²) in [6, 6.07) is 5.59. The first-order valence-electron chi connectivity index (χ1n) is 3.95. The molecule has 1 aromatic carbocycles. The highest BCUT2D eigenvalue weighted by Gasteiger charge is 2.04. The third-order valence-electron chi connectivity index (χ3n) is 1.71. The minimum atomic E-state index is -0.484. The van der Waals surface area contributed by atoms with Crippen LogP contribution in [0.4, 0.5) is 0 Å². The molecule has 74 valence electrons. The summed E-state index contributed by atoms with van der Waals surface area (Å²) in [7, 11) is 2.68. The van der Waals surface area contributed by atoms with Gasteiger partial charge in [-0.2, -0.15) is 0 Å². The van der Waals surface area contributed by atoms with Gasteiger partial charge in [0.05, 0.1) is 19.8 Å². The van der Waals surface area contributed by atoms with E-state index in [1.54, 1.807) is 0 Å². The summed E-state index contributed by atoms with van der Waals surface area (Å²) in [5.41, 5.74) is 0.0375. The molecular formula is C10H10O4. The van der Waals surface area contributed by atoms with E-state index in [1.165, 1.54) is 38.5 Å². The molecule has 1 aromatic rings. The molecule has 0 fully saturated rings. The smallest absolute Gasteiger partial charge is 0.337 e. The van der Waals surface area contributed by atoms with Gasteiger partial charge in [-0.1, -0.05) is 0 Å². The Hall–Kier alpha value is -1.84. The van der Waals surface area contributed by atoms with E-state index in [9.17, 15) is 9.59 Å². The quantitative estimate of drug-likeness (QED) is 0.655. The molecule has 0 aromatic heterocycles. The summed E-state index contributed by atoms with van der Waals surface area (Å²) in [4.78, 5) is 22.3. The molecule has 14 heavy (non-hydrogen) atoms. The van der Waals surface area contributed by atoms with Crippen LogP contribution in [0.5, 0.6) is 5.75 Å². The molecule has 0 radical (unpaired) electrons. The first-order valence-corrected chi connectivity index (χ1v) is 3.95. The molecule has 0 saturated heterocycles. The Kier molecular flexibility index (Phi) is 3.23. The van der Waals surface area contributed by atoms with E-state index in [4.69, 9.17) is 4.74 Å². The van der Waals surface area contributed by atoms with Crippen molar-refractivity contribution in [2.75, 3.05) is 14.2 Å². The Labute approximate surface area is 81.1 Å². The maximum Gasteiger partial charge on any atom is 0.337 e. The lowest BCUT2D eigenvalue weighted by atomic mass is 10.3. The van der Waals surface area contributed by atoms with E-state index in [2.05, 4.69) is 4.74 Å². The number of carbonyl (C=O) groups is 1. The molecule has 0 amide bonds. The zero-order valence-electron chi connectivity index (χ0n) is 7.94. The van der Waals surface area contributed by atoms with Gasteiger partial charge in [-0.15, -0.1) is 0 Å². The van der Waals surface area contributed by atoms with Crippen molar-refractivity contribution in [2.24, 2.45) is 0 Å². The second-order valence-electron chi connectivity index (χ2n) is 2.55. The fraction of sp³-hybridized carbons (Fsp3) is 0.200. The first kappa shape index (κ1) is 10.2. The van der Waals surface area contributed by atoms with Crippen LogP contribution in [0.1, 0.15) is 10.4 Å². The maximum atomic E-state index is 11.2. The van der Waals surface area contributed by atoms with Crippen LogP contribution in [0.2, 0.25) is 0 Å². The lowest BCUT2D eigenvalue weighted by molar-refractivity contribution is 0.0601. The van der Waals surface area contributed by atoms with Gasteiger partial charge in [0, 0.05) is 0 Å². The van der Waals surface area contributed by atoms with Crippen molar-refractivity contribution in [2.45, 2.75) is 0 Å². The molecule has 1 rings (SSSR count). The minimum Gasteiger partial charge on any atom is -0.493 e. The average molecular weight is 194 g/mol. The minimum absolute atomic E-state index is 0.195. The molecule has 0 unspecified atom stereocenters. The third kappa shape index (κ3) is 2.10. The Balaban J connectivity index is 3.22.